The summed E-state index contributed by atoms with van der Waals surface area (Å²) < 4.78 is 5.15. The second kappa shape index (κ2) is 4.67. The van der Waals surface area contributed by atoms with Crippen LogP contribution in [0.3, 0.4) is 0 Å². The molecule has 1 unspecified atom stereocenters. The Balaban J connectivity index is 2.34. The summed E-state index contributed by atoms with van der Waals surface area (Å²) in [5.41, 5.74) is 0.247. The van der Waals surface area contributed by atoms with Gasteiger partial charge < -0.3 is 15.2 Å². The van der Waals surface area contributed by atoms with Crippen LogP contribution in [0.4, 0.5) is 0 Å². The molecule has 1 saturated heterocycles. The highest BCUT2D eigenvalue weighted by Gasteiger charge is 2.43. The molecule has 1 aromatic carbocycles. The van der Waals surface area contributed by atoms with Crippen LogP contribution in [0.1, 0.15) is 19.4 Å². The van der Waals surface area contributed by atoms with Gasteiger partial charge in [-0.2, -0.15) is 0 Å². The minimum Gasteiger partial charge on any atom is -0.497 e. The smallest absolute Gasteiger partial charge is 0.118 e. The number of rotatable bonds is 2. The maximum Gasteiger partial charge on any atom is 0.118 e. The average Bonchev–Trinajstić information content (AvgIpc) is 2.36. The van der Waals surface area contributed by atoms with Gasteiger partial charge in [0.25, 0.3) is 0 Å². The molecule has 0 aliphatic carbocycles. The molecular formula is C14H21NO2. The normalized spacial score (nSPS) is 33.4. The number of hydrogen-bond donors (Lipinski definition) is 2. The molecule has 1 heterocycles. The van der Waals surface area contributed by atoms with E-state index in [-0.39, 0.29) is 11.8 Å². The highest BCUT2D eigenvalue weighted by molar-refractivity contribution is 5.32. The zero-order valence-electron chi connectivity index (χ0n) is 10.7. The standard InChI is InChI=1S/C14H21NO2/c1-10-8-15-9-11(2)14(10,16)12-4-6-13(17-3)7-5-12/h4-7,10-11,15-16H,8-9H2,1-3H3/t10-,11+,14?. The van der Waals surface area contributed by atoms with Crippen molar-refractivity contribution < 1.29 is 9.84 Å². The summed E-state index contributed by atoms with van der Waals surface area (Å²) in [6.07, 6.45) is 0. The van der Waals surface area contributed by atoms with Crippen molar-refractivity contribution in [1.29, 1.82) is 0 Å². The lowest BCUT2D eigenvalue weighted by molar-refractivity contribution is -0.0807. The van der Waals surface area contributed by atoms with E-state index in [1.165, 1.54) is 0 Å². The minimum absolute atomic E-state index is 0.208. The first kappa shape index (κ1) is 12.4. The summed E-state index contributed by atoms with van der Waals surface area (Å²) in [6.45, 7) is 5.89. The molecule has 1 aliphatic rings. The van der Waals surface area contributed by atoms with Crippen LogP contribution >= 0.6 is 0 Å². The maximum absolute atomic E-state index is 11.0. The molecular weight excluding hydrogens is 214 g/mol. The molecule has 1 aliphatic heterocycles. The Kier molecular flexibility index (Phi) is 3.40. The fourth-order valence-corrected chi connectivity index (χ4v) is 2.74. The Bertz CT molecular complexity index is 364. The number of methoxy groups -OCH3 is 1. The van der Waals surface area contributed by atoms with Crippen LogP contribution in [0.15, 0.2) is 24.3 Å². The Morgan fingerprint density at radius 1 is 1.18 bits per heavy atom. The monoisotopic (exact) mass is 235 g/mol. The summed E-state index contributed by atoms with van der Waals surface area (Å²) in [7, 11) is 1.65. The van der Waals surface area contributed by atoms with E-state index < -0.39 is 5.60 Å². The van der Waals surface area contributed by atoms with Crippen molar-refractivity contribution >= 4 is 0 Å². The van der Waals surface area contributed by atoms with Gasteiger partial charge in [-0.25, -0.2) is 0 Å². The number of aliphatic hydroxyl groups is 1. The molecule has 0 spiro atoms. The number of piperidine rings is 1. The molecule has 1 fully saturated rings. The molecule has 3 atom stereocenters. The third-order valence-electron chi connectivity index (χ3n) is 3.96. The molecule has 1 aromatic rings. The number of nitrogens with one attached hydrogen (secondary N) is 1. The van der Waals surface area contributed by atoms with Crippen molar-refractivity contribution in [2.45, 2.75) is 19.4 Å². The Morgan fingerprint density at radius 3 is 2.18 bits per heavy atom. The fourth-order valence-electron chi connectivity index (χ4n) is 2.74. The van der Waals surface area contributed by atoms with Crippen LogP contribution in [0, 0.1) is 11.8 Å². The quantitative estimate of drug-likeness (QED) is 0.820. The first-order chi connectivity index (χ1) is 8.09. The molecule has 0 bridgehead atoms. The number of ether oxygens (including phenoxy) is 1. The van der Waals surface area contributed by atoms with Gasteiger partial charge in [0, 0.05) is 24.9 Å². The lowest BCUT2D eigenvalue weighted by Crippen LogP contribution is -2.52. The topological polar surface area (TPSA) is 41.5 Å². The van der Waals surface area contributed by atoms with Crippen molar-refractivity contribution in [2.75, 3.05) is 20.2 Å². The summed E-state index contributed by atoms with van der Waals surface area (Å²) in [4.78, 5) is 0. The second-order valence-electron chi connectivity index (χ2n) is 5.01. The highest BCUT2D eigenvalue weighted by Crippen LogP contribution is 2.39. The highest BCUT2D eigenvalue weighted by atomic mass is 16.5. The van der Waals surface area contributed by atoms with E-state index in [4.69, 9.17) is 4.74 Å². The SMILES string of the molecule is COc1ccc(C2(O)[C@H](C)CNC[C@@H]2C)cc1. The largest absolute Gasteiger partial charge is 0.497 e. The van der Waals surface area contributed by atoms with Crippen LogP contribution in [-0.2, 0) is 5.60 Å². The van der Waals surface area contributed by atoms with Crippen LogP contribution in [0.5, 0.6) is 5.75 Å². The molecule has 17 heavy (non-hydrogen) atoms. The van der Waals surface area contributed by atoms with Crippen LogP contribution in [0.25, 0.3) is 0 Å². The van der Waals surface area contributed by atoms with Crippen molar-refractivity contribution in [3.63, 3.8) is 0 Å². The van der Waals surface area contributed by atoms with E-state index in [2.05, 4.69) is 19.2 Å². The third-order valence-corrected chi connectivity index (χ3v) is 3.96. The molecule has 0 saturated carbocycles. The first-order valence-electron chi connectivity index (χ1n) is 6.16. The van der Waals surface area contributed by atoms with Gasteiger partial charge >= 0.3 is 0 Å². The van der Waals surface area contributed by atoms with Gasteiger partial charge in [-0.1, -0.05) is 26.0 Å². The molecule has 3 heteroatoms. The van der Waals surface area contributed by atoms with E-state index in [9.17, 15) is 5.11 Å². The Morgan fingerprint density at radius 2 is 1.71 bits per heavy atom. The van der Waals surface area contributed by atoms with Crippen molar-refractivity contribution in [3.8, 4) is 5.75 Å². The van der Waals surface area contributed by atoms with E-state index in [1.54, 1.807) is 7.11 Å². The predicted octanol–water partition coefficient (Wildman–Crippen LogP) is 1.76. The van der Waals surface area contributed by atoms with E-state index >= 15 is 0 Å². The number of hydrogen-bond acceptors (Lipinski definition) is 3. The summed E-state index contributed by atoms with van der Waals surface area (Å²) in [5.74, 6) is 1.24. The van der Waals surface area contributed by atoms with Crippen molar-refractivity contribution in [2.24, 2.45) is 11.8 Å². The van der Waals surface area contributed by atoms with Gasteiger partial charge in [-0.3, -0.25) is 0 Å². The fraction of sp³-hybridized carbons (Fsp3) is 0.571. The molecule has 2 N–H and O–H groups in total. The molecule has 3 nitrogen and oxygen atoms in total. The van der Waals surface area contributed by atoms with Gasteiger partial charge in [0.05, 0.1) is 12.7 Å². The number of benzene rings is 1. The second-order valence-corrected chi connectivity index (χ2v) is 5.01. The summed E-state index contributed by atoms with van der Waals surface area (Å²) >= 11 is 0. The van der Waals surface area contributed by atoms with Gasteiger partial charge in [-0.15, -0.1) is 0 Å². The van der Waals surface area contributed by atoms with E-state index in [1.807, 2.05) is 24.3 Å². The maximum atomic E-state index is 11.0. The third kappa shape index (κ3) is 2.05. The lowest BCUT2D eigenvalue weighted by atomic mass is 9.71. The van der Waals surface area contributed by atoms with Crippen molar-refractivity contribution in [3.05, 3.63) is 29.8 Å². The summed E-state index contributed by atoms with van der Waals surface area (Å²) in [5, 5.41) is 14.3. The van der Waals surface area contributed by atoms with E-state index in [0.717, 1.165) is 24.4 Å². The van der Waals surface area contributed by atoms with Gasteiger partial charge in [0.2, 0.25) is 0 Å². The zero-order valence-corrected chi connectivity index (χ0v) is 10.7. The molecule has 0 radical (unpaired) electrons. The summed E-state index contributed by atoms with van der Waals surface area (Å²) in [6, 6.07) is 7.76. The molecule has 0 aromatic heterocycles. The predicted molar refractivity (Wildman–Crippen MR) is 68.1 cm³/mol. The molecule has 0 amide bonds. The Hall–Kier alpha value is -1.06. The zero-order chi connectivity index (χ0) is 12.5. The molecule has 94 valence electrons. The van der Waals surface area contributed by atoms with Crippen LogP contribution in [-0.4, -0.2) is 25.3 Å². The molecule has 2 rings (SSSR count). The van der Waals surface area contributed by atoms with Crippen LogP contribution in [0.2, 0.25) is 0 Å². The minimum atomic E-state index is -0.739. The van der Waals surface area contributed by atoms with E-state index in [0.29, 0.717) is 0 Å². The van der Waals surface area contributed by atoms with Crippen LogP contribution < -0.4 is 10.1 Å². The average molecular weight is 235 g/mol. The first-order valence-corrected chi connectivity index (χ1v) is 6.16. The van der Waals surface area contributed by atoms with Gasteiger partial charge in [0.1, 0.15) is 5.75 Å². The lowest BCUT2D eigenvalue weighted by Gasteiger charge is -2.44. The van der Waals surface area contributed by atoms with Crippen molar-refractivity contribution in [1.82, 2.24) is 5.32 Å². The van der Waals surface area contributed by atoms with Gasteiger partial charge in [0.15, 0.2) is 0 Å². The Labute approximate surface area is 103 Å². The van der Waals surface area contributed by atoms with Gasteiger partial charge in [-0.05, 0) is 17.7 Å².